The Kier molecular flexibility index (Phi) is 18.1. The van der Waals surface area contributed by atoms with Gasteiger partial charge in [-0.2, -0.15) is 0 Å². The highest BCUT2D eigenvalue weighted by atomic mass is 31.2. The summed E-state index contributed by atoms with van der Waals surface area (Å²) in [5.74, 6) is 0. The maximum atomic E-state index is 13.4. The second-order valence-corrected chi connectivity index (χ2v) is 12.0. The van der Waals surface area contributed by atoms with Crippen LogP contribution >= 0.6 is 15.2 Å². The molecule has 8 heteroatoms. The monoisotopic (exact) mass is 456 g/mol. The van der Waals surface area contributed by atoms with Gasteiger partial charge < -0.3 is 18.1 Å². The third-order valence-corrected chi connectivity index (χ3v) is 10.9. The first kappa shape index (κ1) is 29.3. The summed E-state index contributed by atoms with van der Waals surface area (Å²) in [6.07, 6.45) is 12.4. The molecule has 0 rings (SSSR count). The van der Waals surface area contributed by atoms with E-state index in [0.29, 0.717) is 6.42 Å². The minimum Gasteiger partial charge on any atom is -0.308 e. The SMILES string of the molecule is CCCCCCCCCCCCC(P(=O)(OCC)OCC)P(=O)(OCC)OCC. The van der Waals surface area contributed by atoms with Gasteiger partial charge in [0.15, 0.2) is 5.40 Å². The van der Waals surface area contributed by atoms with Crippen LogP contribution in [0.5, 0.6) is 0 Å². The highest BCUT2D eigenvalue weighted by molar-refractivity contribution is 7.72. The Morgan fingerprint density at radius 3 is 1.14 bits per heavy atom. The Bertz CT molecular complexity index is 422. The lowest BCUT2D eigenvalue weighted by Crippen LogP contribution is -2.18. The molecule has 0 N–H and O–H groups in total. The average molecular weight is 457 g/mol. The van der Waals surface area contributed by atoms with Gasteiger partial charge in [0.05, 0.1) is 26.4 Å². The van der Waals surface area contributed by atoms with E-state index >= 15 is 0 Å². The second-order valence-electron chi connectivity index (χ2n) is 7.20. The third kappa shape index (κ3) is 12.1. The molecule has 0 bridgehead atoms. The van der Waals surface area contributed by atoms with Crippen LogP contribution in [0.1, 0.15) is 105 Å². The first-order chi connectivity index (χ1) is 13.9. The van der Waals surface area contributed by atoms with Crippen LogP contribution < -0.4 is 0 Å². The van der Waals surface area contributed by atoms with E-state index in [-0.39, 0.29) is 26.4 Å². The Hall–Kier alpha value is 0.300. The molecule has 176 valence electrons. The van der Waals surface area contributed by atoms with Crippen LogP contribution in [0.4, 0.5) is 0 Å². The van der Waals surface area contributed by atoms with Crippen molar-refractivity contribution in [3.8, 4) is 0 Å². The molecule has 0 aliphatic carbocycles. The molecule has 0 aromatic heterocycles. The zero-order valence-electron chi connectivity index (χ0n) is 19.5. The predicted molar refractivity (Wildman–Crippen MR) is 122 cm³/mol. The van der Waals surface area contributed by atoms with Crippen LogP contribution in [0.25, 0.3) is 0 Å². The van der Waals surface area contributed by atoms with Gasteiger partial charge in [0.1, 0.15) is 0 Å². The zero-order chi connectivity index (χ0) is 22.0. The molecule has 0 aliphatic heterocycles. The maximum Gasteiger partial charge on any atom is 0.345 e. The van der Waals surface area contributed by atoms with Gasteiger partial charge in [-0.25, -0.2) is 0 Å². The van der Waals surface area contributed by atoms with E-state index in [4.69, 9.17) is 18.1 Å². The minimum atomic E-state index is -3.60. The Balaban J connectivity index is 4.80. The summed E-state index contributed by atoms with van der Waals surface area (Å²) in [5.41, 5.74) is 0. The molecule has 0 saturated heterocycles. The first-order valence-electron chi connectivity index (χ1n) is 11.7. The summed E-state index contributed by atoms with van der Waals surface area (Å²) in [5, 5.41) is -0.871. The first-order valence-corrected chi connectivity index (χ1v) is 14.9. The number of hydrogen-bond acceptors (Lipinski definition) is 6. The summed E-state index contributed by atoms with van der Waals surface area (Å²) in [6.45, 7) is 10.2. The van der Waals surface area contributed by atoms with E-state index in [1.165, 1.54) is 44.9 Å². The summed E-state index contributed by atoms with van der Waals surface area (Å²) in [6, 6.07) is 0. The minimum absolute atomic E-state index is 0.226. The van der Waals surface area contributed by atoms with Crippen molar-refractivity contribution in [2.24, 2.45) is 0 Å². The molecule has 0 atom stereocenters. The topological polar surface area (TPSA) is 71.1 Å². The lowest BCUT2D eigenvalue weighted by molar-refractivity contribution is 0.193. The van der Waals surface area contributed by atoms with Crippen LogP contribution in [0.3, 0.4) is 0 Å². The fraction of sp³-hybridized carbons (Fsp3) is 1.00. The smallest absolute Gasteiger partial charge is 0.308 e. The van der Waals surface area contributed by atoms with E-state index in [2.05, 4.69) is 6.92 Å². The molecular weight excluding hydrogens is 410 g/mol. The van der Waals surface area contributed by atoms with Gasteiger partial charge in [-0.1, -0.05) is 71.1 Å². The normalized spacial score (nSPS) is 12.8. The second kappa shape index (κ2) is 17.9. The molecule has 0 fully saturated rings. The van der Waals surface area contributed by atoms with Gasteiger partial charge in [-0.3, -0.25) is 9.13 Å². The van der Waals surface area contributed by atoms with E-state index in [0.717, 1.165) is 19.3 Å². The third-order valence-electron chi connectivity index (χ3n) is 4.78. The lowest BCUT2D eigenvalue weighted by Gasteiger charge is -2.31. The molecular formula is C21H46O6P2. The average Bonchev–Trinajstić information content (AvgIpc) is 2.66. The molecule has 0 aromatic rings. The van der Waals surface area contributed by atoms with Crippen LogP contribution in [-0.4, -0.2) is 31.8 Å². The summed E-state index contributed by atoms with van der Waals surface area (Å²) >= 11 is 0. The number of unbranched alkanes of at least 4 members (excludes halogenated alkanes) is 9. The summed E-state index contributed by atoms with van der Waals surface area (Å²) in [4.78, 5) is 0. The van der Waals surface area contributed by atoms with Gasteiger partial charge in [0.2, 0.25) is 0 Å². The van der Waals surface area contributed by atoms with Gasteiger partial charge in [0.25, 0.3) is 0 Å². The number of hydrogen-bond donors (Lipinski definition) is 0. The van der Waals surface area contributed by atoms with Crippen molar-refractivity contribution in [1.82, 2.24) is 0 Å². The van der Waals surface area contributed by atoms with Gasteiger partial charge >= 0.3 is 15.2 Å². The van der Waals surface area contributed by atoms with Crippen LogP contribution in [0, 0.1) is 0 Å². The van der Waals surface area contributed by atoms with Gasteiger partial charge in [0, 0.05) is 0 Å². The van der Waals surface area contributed by atoms with Crippen molar-refractivity contribution >= 4 is 15.2 Å². The Labute approximate surface area is 179 Å². The highest BCUT2D eigenvalue weighted by Gasteiger charge is 2.50. The van der Waals surface area contributed by atoms with Gasteiger partial charge in [-0.05, 0) is 34.1 Å². The van der Waals surface area contributed by atoms with Crippen molar-refractivity contribution < 1.29 is 27.2 Å². The molecule has 0 heterocycles. The van der Waals surface area contributed by atoms with E-state index < -0.39 is 20.6 Å². The molecule has 29 heavy (non-hydrogen) atoms. The standard InChI is InChI=1S/C21H46O6P2/c1-6-11-12-13-14-15-16-17-18-19-20-21(28(22,24-7-2)25-8-3)29(23,26-9-4)27-10-5/h21H,6-20H2,1-5H3. The van der Waals surface area contributed by atoms with Gasteiger partial charge in [-0.15, -0.1) is 0 Å². The van der Waals surface area contributed by atoms with Crippen LogP contribution in [0.2, 0.25) is 0 Å². The Morgan fingerprint density at radius 2 is 0.828 bits per heavy atom. The molecule has 0 aliphatic rings. The number of rotatable bonds is 21. The lowest BCUT2D eigenvalue weighted by atomic mass is 10.1. The molecule has 0 saturated carbocycles. The van der Waals surface area contributed by atoms with Crippen molar-refractivity contribution in [3.05, 3.63) is 0 Å². The van der Waals surface area contributed by atoms with E-state index in [9.17, 15) is 9.13 Å². The molecule has 0 amide bonds. The molecule has 0 unspecified atom stereocenters. The van der Waals surface area contributed by atoms with Crippen molar-refractivity contribution in [2.75, 3.05) is 26.4 Å². The predicted octanol–water partition coefficient (Wildman–Crippen LogP) is 8.16. The fourth-order valence-corrected chi connectivity index (χ4v) is 8.90. The van der Waals surface area contributed by atoms with Crippen molar-refractivity contribution in [1.29, 1.82) is 0 Å². The largest absolute Gasteiger partial charge is 0.345 e. The van der Waals surface area contributed by atoms with Crippen LogP contribution in [0.15, 0.2) is 0 Å². The van der Waals surface area contributed by atoms with Crippen molar-refractivity contribution in [3.63, 3.8) is 0 Å². The maximum absolute atomic E-state index is 13.4. The van der Waals surface area contributed by atoms with E-state index in [1.54, 1.807) is 27.7 Å². The highest BCUT2D eigenvalue weighted by Crippen LogP contribution is 2.71. The quantitative estimate of drug-likeness (QED) is 0.128. The molecule has 6 nitrogen and oxygen atoms in total. The van der Waals surface area contributed by atoms with Crippen LogP contribution in [-0.2, 0) is 27.2 Å². The van der Waals surface area contributed by atoms with E-state index in [1.807, 2.05) is 0 Å². The molecule has 0 radical (unpaired) electrons. The molecule has 0 aromatic carbocycles. The molecule has 0 spiro atoms. The fourth-order valence-electron chi connectivity index (χ4n) is 3.44. The van der Waals surface area contributed by atoms with Crippen molar-refractivity contribution in [2.45, 2.75) is 111 Å². The summed E-state index contributed by atoms with van der Waals surface area (Å²) < 4.78 is 48.9. The zero-order valence-corrected chi connectivity index (χ0v) is 21.3. The summed E-state index contributed by atoms with van der Waals surface area (Å²) in [7, 11) is -7.20. The Morgan fingerprint density at radius 1 is 0.517 bits per heavy atom.